The molecule has 0 aromatic rings. The zero-order chi connectivity index (χ0) is 11.4. The molecule has 0 aromatic heterocycles. The predicted octanol–water partition coefficient (Wildman–Crippen LogP) is 4.75. The van der Waals surface area contributed by atoms with Crippen molar-refractivity contribution in [2.24, 2.45) is 17.8 Å². The molecule has 0 saturated carbocycles. The topological polar surface area (TPSA) is 0 Å². The number of hydrogen-bond donors (Lipinski definition) is 0. The molecule has 15 heavy (non-hydrogen) atoms. The summed E-state index contributed by atoms with van der Waals surface area (Å²) in [4.78, 5) is 0. The molecular formula is C15H24. The number of allylic oxidation sites excluding steroid dienone is 6. The van der Waals surface area contributed by atoms with Crippen LogP contribution in [0.1, 0.15) is 41.0 Å². The van der Waals surface area contributed by atoms with E-state index >= 15 is 0 Å². The van der Waals surface area contributed by atoms with Crippen molar-refractivity contribution in [2.45, 2.75) is 41.0 Å². The largest absolute Gasteiger partial charge is 0.0744 e. The first-order chi connectivity index (χ1) is 7.04. The Morgan fingerprint density at radius 3 is 2.33 bits per heavy atom. The number of hydrogen-bond acceptors (Lipinski definition) is 0. The molecule has 0 nitrogen and oxygen atoms in total. The monoisotopic (exact) mass is 204 g/mol. The van der Waals surface area contributed by atoms with E-state index in [1.54, 1.807) is 0 Å². The molecule has 0 aromatic carbocycles. The van der Waals surface area contributed by atoms with Gasteiger partial charge in [-0.1, -0.05) is 57.6 Å². The molecule has 0 aliphatic heterocycles. The van der Waals surface area contributed by atoms with Crippen molar-refractivity contribution in [3.8, 4) is 0 Å². The van der Waals surface area contributed by atoms with Crippen molar-refractivity contribution in [1.82, 2.24) is 0 Å². The van der Waals surface area contributed by atoms with Crippen molar-refractivity contribution < 1.29 is 0 Å². The molecule has 0 saturated heterocycles. The van der Waals surface area contributed by atoms with Gasteiger partial charge in [-0.2, -0.15) is 0 Å². The van der Waals surface area contributed by atoms with E-state index in [0.29, 0.717) is 17.8 Å². The van der Waals surface area contributed by atoms with Crippen LogP contribution in [-0.2, 0) is 0 Å². The van der Waals surface area contributed by atoms with E-state index in [1.807, 2.05) is 0 Å². The maximum atomic E-state index is 2.45. The van der Waals surface area contributed by atoms with Gasteiger partial charge in [0.15, 0.2) is 0 Å². The van der Waals surface area contributed by atoms with Gasteiger partial charge in [0.25, 0.3) is 0 Å². The molecule has 2 atom stereocenters. The first-order valence-corrected chi connectivity index (χ1v) is 6.12. The van der Waals surface area contributed by atoms with Gasteiger partial charge in [0.2, 0.25) is 0 Å². The Morgan fingerprint density at radius 1 is 1.13 bits per heavy atom. The van der Waals surface area contributed by atoms with Crippen molar-refractivity contribution in [1.29, 1.82) is 0 Å². The summed E-state index contributed by atoms with van der Waals surface area (Å²) in [5, 5.41) is 0. The van der Waals surface area contributed by atoms with Crippen molar-refractivity contribution in [2.75, 3.05) is 0 Å². The Kier molecular flexibility index (Phi) is 4.38. The van der Waals surface area contributed by atoms with Crippen LogP contribution in [0.3, 0.4) is 0 Å². The minimum atomic E-state index is 0.601. The first-order valence-electron chi connectivity index (χ1n) is 6.12. The zero-order valence-corrected chi connectivity index (χ0v) is 10.7. The summed E-state index contributed by atoms with van der Waals surface area (Å²) >= 11 is 0. The lowest BCUT2D eigenvalue weighted by Gasteiger charge is -2.16. The van der Waals surface area contributed by atoms with Crippen molar-refractivity contribution in [3.05, 3.63) is 35.5 Å². The van der Waals surface area contributed by atoms with Gasteiger partial charge >= 0.3 is 0 Å². The summed E-state index contributed by atoms with van der Waals surface area (Å²) in [6.07, 6.45) is 10.6. The van der Waals surface area contributed by atoms with Crippen LogP contribution < -0.4 is 0 Å². The smallest absolute Gasteiger partial charge is 0.00188 e. The van der Waals surface area contributed by atoms with Gasteiger partial charge in [-0.3, -0.25) is 0 Å². The fourth-order valence-corrected chi connectivity index (χ4v) is 1.86. The lowest BCUT2D eigenvalue weighted by Crippen LogP contribution is -2.05. The van der Waals surface area contributed by atoms with Crippen LogP contribution in [0, 0.1) is 17.8 Å². The highest BCUT2D eigenvalue weighted by Gasteiger charge is 2.13. The quantitative estimate of drug-likeness (QED) is 0.622. The third kappa shape index (κ3) is 3.37. The molecule has 84 valence electrons. The van der Waals surface area contributed by atoms with E-state index in [1.165, 1.54) is 17.6 Å². The molecule has 2 unspecified atom stereocenters. The Labute approximate surface area is 94.8 Å². The van der Waals surface area contributed by atoms with Gasteiger partial charge in [0, 0.05) is 0 Å². The fraction of sp³-hybridized carbons (Fsp3) is 0.600. The van der Waals surface area contributed by atoms with Crippen molar-refractivity contribution in [3.63, 3.8) is 0 Å². The molecule has 1 aliphatic rings. The van der Waals surface area contributed by atoms with Crippen LogP contribution >= 0.6 is 0 Å². The molecule has 0 spiro atoms. The van der Waals surface area contributed by atoms with E-state index in [9.17, 15) is 0 Å². The second kappa shape index (κ2) is 5.34. The van der Waals surface area contributed by atoms with Crippen LogP contribution in [0.5, 0.6) is 0 Å². The van der Waals surface area contributed by atoms with Crippen LogP contribution in [0.25, 0.3) is 0 Å². The number of rotatable bonds is 3. The van der Waals surface area contributed by atoms with Gasteiger partial charge in [-0.15, -0.1) is 0 Å². The average molecular weight is 204 g/mol. The van der Waals surface area contributed by atoms with E-state index in [0.717, 1.165) is 0 Å². The Balaban J connectivity index is 2.94. The molecular weight excluding hydrogens is 180 g/mol. The highest BCUT2D eigenvalue weighted by molar-refractivity contribution is 5.34. The van der Waals surface area contributed by atoms with E-state index in [2.05, 4.69) is 58.9 Å². The highest BCUT2D eigenvalue weighted by Crippen LogP contribution is 2.26. The lowest BCUT2D eigenvalue weighted by atomic mass is 9.89. The lowest BCUT2D eigenvalue weighted by molar-refractivity contribution is 0.540. The summed E-state index contributed by atoms with van der Waals surface area (Å²) in [7, 11) is 0. The molecule has 0 fully saturated rings. The summed E-state index contributed by atoms with van der Waals surface area (Å²) in [6, 6.07) is 0. The Bertz CT molecular complexity index is 289. The van der Waals surface area contributed by atoms with Gasteiger partial charge in [0.1, 0.15) is 0 Å². The summed E-state index contributed by atoms with van der Waals surface area (Å²) < 4.78 is 0. The van der Waals surface area contributed by atoms with Crippen LogP contribution in [0.15, 0.2) is 35.5 Å². The second-order valence-corrected chi connectivity index (χ2v) is 5.04. The van der Waals surface area contributed by atoms with Crippen LogP contribution in [-0.4, -0.2) is 0 Å². The molecule has 0 radical (unpaired) electrons. The van der Waals surface area contributed by atoms with Crippen LogP contribution in [0.4, 0.5) is 0 Å². The van der Waals surface area contributed by atoms with Gasteiger partial charge < -0.3 is 0 Å². The molecule has 1 rings (SSSR count). The normalized spacial score (nSPS) is 23.5. The summed E-state index contributed by atoms with van der Waals surface area (Å²) in [6.45, 7) is 11.4. The van der Waals surface area contributed by atoms with Gasteiger partial charge in [-0.05, 0) is 36.7 Å². The third-order valence-corrected chi connectivity index (χ3v) is 3.33. The zero-order valence-electron chi connectivity index (χ0n) is 10.7. The van der Waals surface area contributed by atoms with E-state index < -0.39 is 0 Å². The summed E-state index contributed by atoms with van der Waals surface area (Å²) in [5.41, 5.74) is 2.90. The maximum Gasteiger partial charge on any atom is -0.00188 e. The predicted molar refractivity (Wildman–Crippen MR) is 68.8 cm³/mol. The average Bonchev–Trinajstić information content (AvgIpc) is 2.39. The van der Waals surface area contributed by atoms with Crippen molar-refractivity contribution >= 4 is 0 Å². The Morgan fingerprint density at radius 2 is 1.80 bits per heavy atom. The molecule has 0 heterocycles. The molecule has 0 N–H and O–H groups in total. The SMILES string of the molecule is CCC(C)C1=CC(C(C)C)C=C(C)C=C1. The fourth-order valence-electron chi connectivity index (χ4n) is 1.86. The second-order valence-electron chi connectivity index (χ2n) is 5.04. The van der Waals surface area contributed by atoms with Gasteiger partial charge in [-0.25, -0.2) is 0 Å². The molecule has 0 heteroatoms. The third-order valence-electron chi connectivity index (χ3n) is 3.33. The van der Waals surface area contributed by atoms with E-state index in [-0.39, 0.29) is 0 Å². The minimum absolute atomic E-state index is 0.601. The van der Waals surface area contributed by atoms with E-state index in [4.69, 9.17) is 0 Å². The van der Waals surface area contributed by atoms with Gasteiger partial charge in [0.05, 0.1) is 0 Å². The standard InChI is InChI=1S/C15H24/c1-6-13(5)14-8-7-12(4)9-15(10-14)11(2)3/h7-11,13,15H,6H2,1-5H3. The first kappa shape index (κ1) is 12.3. The van der Waals surface area contributed by atoms with Crippen LogP contribution in [0.2, 0.25) is 0 Å². The molecule has 1 aliphatic carbocycles. The highest BCUT2D eigenvalue weighted by atomic mass is 14.2. The minimum Gasteiger partial charge on any atom is -0.0744 e. The summed E-state index contributed by atoms with van der Waals surface area (Å²) in [5.74, 6) is 1.98. The maximum absolute atomic E-state index is 2.45. The molecule has 0 bridgehead atoms. The molecule has 0 amide bonds. The Hall–Kier alpha value is -0.780.